The number of hydrogen-bond acceptors (Lipinski definition) is 3. The van der Waals surface area contributed by atoms with Crippen LogP contribution < -0.4 is 0 Å². The van der Waals surface area contributed by atoms with Gasteiger partial charge < -0.3 is 4.98 Å². The van der Waals surface area contributed by atoms with E-state index in [-0.39, 0.29) is 20.1 Å². The summed E-state index contributed by atoms with van der Waals surface area (Å²) in [5, 5.41) is 3.38. The molecule has 3 aromatic heterocycles. The van der Waals surface area contributed by atoms with E-state index < -0.39 is 0 Å². The van der Waals surface area contributed by atoms with Crippen LogP contribution in [-0.2, 0) is 20.1 Å². The molecule has 0 amide bonds. The summed E-state index contributed by atoms with van der Waals surface area (Å²) in [5.41, 5.74) is 6.64. The van der Waals surface area contributed by atoms with Crippen LogP contribution in [0.15, 0.2) is 134 Å². The van der Waals surface area contributed by atoms with E-state index in [0.717, 1.165) is 50.2 Å². The molecule has 0 saturated carbocycles. The number of pyridine rings is 3. The van der Waals surface area contributed by atoms with Gasteiger partial charge in [0.1, 0.15) is 0 Å². The van der Waals surface area contributed by atoms with E-state index in [2.05, 4.69) is 52.4 Å². The molecular weight excluding hydrogens is 655 g/mol. The van der Waals surface area contributed by atoms with E-state index in [4.69, 9.17) is 4.98 Å². The Hall–Kier alpha value is -4.50. The molecule has 4 heteroatoms. The first-order chi connectivity index (χ1) is 18.8. The van der Waals surface area contributed by atoms with Gasteiger partial charge in [0.25, 0.3) is 0 Å². The summed E-state index contributed by atoms with van der Waals surface area (Å²) in [5.74, 6) is 0. The Kier molecular flexibility index (Phi) is 8.28. The van der Waals surface area contributed by atoms with Crippen LogP contribution in [0.4, 0.5) is 0 Å². The Bertz CT molecular complexity index is 1750. The quantitative estimate of drug-likeness (QED) is 0.140. The van der Waals surface area contributed by atoms with E-state index in [1.54, 1.807) is 6.20 Å². The van der Waals surface area contributed by atoms with Crippen LogP contribution in [0.2, 0.25) is 0 Å². The number of aromatic nitrogens is 3. The van der Waals surface area contributed by atoms with Gasteiger partial charge in [-0.05, 0) is 40.5 Å². The molecule has 0 aliphatic carbocycles. The van der Waals surface area contributed by atoms with Gasteiger partial charge in [-0.25, -0.2) is 0 Å². The van der Waals surface area contributed by atoms with Crippen LogP contribution in [-0.4, -0.2) is 15.0 Å². The molecule has 0 atom stereocenters. The topological polar surface area (TPSA) is 38.7 Å². The number of fused-ring (bicyclic) bond motifs is 3. The molecule has 0 fully saturated rings. The molecule has 0 aliphatic heterocycles. The first-order valence-electron chi connectivity index (χ1n) is 12.4. The van der Waals surface area contributed by atoms with Crippen LogP contribution in [0.1, 0.15) is 0 Å². The Balaban J connectivity index is 0.000000155. The van der Waals surface area contributed by atoms with Gasteiger partial charge >= 0.3 is 20.1 Å². The van der Waals surface area contributed by atoms with Crippen molar-refractivity contribution < 1.29 is 20.1 Å². The minimum absolute atomic E-state index is 0. The Morgan fingerprint density at radius 3 is 1.79 bits per heavy atom. The van der Waals surface area contributed by atoms with Gasteiger partial charge in [-0.1, -0.05) is 42.5 Å². The van der Waals surface area contributed by atoms with Gasteiger partial charge in [0.2, 0.25) is 0 Å². The fraction of sp³-hybridized carbons (Fsp3) is 0. The summed E-state index contributed by atoms with van der Waals surface area (Å²) in [6.45, 7) is 0. The van der Waals surface area contributed by atoms with Crippen molar-refractivity contribution in [2.24, 2.45) is 0 Å². The molecule has 0 aliphatic rings. The summed E-state index contributed by atoms with van der Waals surface area (Å²) in [4.78, 5) is 13.7. The Morgan fingerprint density at radius 1 is 0.436 bits per heavy atom. The Labute approximate surface area is 241 Å². The summed E-state index contributed by atoms with van der Waals surface area (Å²) in [6.07, 6.45) is 1.78. The molecule has 0 N–H and O–H groups in total. The van der Waals surface area contributed by atoms with E-state index in [0.29, 0.717) is 0 Å². The minimum Gasteiger partial charge on any atom is -0.344 e. The molecule has 0 bridgehead atoms. The van der Waals surface area contributed by atoms with Gasteiger partial charge in [0.15, 0.2) is 0 Å². The molecule has 7 aromatic rings. The second kappa shape index (κ2) is 12.4. The predicted molar refractivity (Wildman–Crippen MR) is 154 cm³/mol. The normalized spacial score (nSPS) is 10.4. The monoisotopic (exact) mass is 677 g/mol. The maximum Gasteiger partial charge on any atom is 3.00 e. The van der Waals surface area contributed by atoms with Crippen LogP contribution in [0.25, 0.3) is 55.6 Å². The standard InChI is InChI=1S/C19H11N.C16H11N2.Ir/c1-2-7-15(8-3-1)18-13-12-16-11-10-14-6-4-5-9-17(14)19(16)20-18;1-2-7-13(8-3-1)14-10-6-11-16(18-14)15-9-4-5-12-17-15;/h1-7,10-13H;1-7,9-12H;/q-2;-1;+3. The van der Waals surface area contributed by atoms with Crippen molar-refractivity contribution in [3.05, 3.63) is 152 Å². The van der Waals surface area contributed by atoms with Crippen molar-refractivity contribution in [2.45, 2.75) is 0 Å². The molecule has 3 nitrogen and oxygen atoms in total. The second-order valence-electron chi connectivity index (χ2n) is 8.64. The van der Waals surface area contributed by atoms with Gasteiger partial charge in [-0.15, -0.1) is 107 Å². The summed E-state index contributed by atoms with van der Waals surface area (Å²) in [7, 11) is 0. The third-order valence-corrected chi connectivity index (χ3v) is 6.14. The summed E-state index contributed by atoms with van der Waals surface area (Å²) >= 11 is 0. The average molecular weight is 677 g/mol. The maximum atomic E-state index is 4.81. The van der Waals surface area contributed by atoms with E-state index in [1.165, 1.54) is 5.39 Å². The average Bonchev–Trinajstić information content (AvgIpc) is 3.02. The van der Waals surface area contributed by atoms with Crippen molar-refractivity contribution in [2.75, 3.05) is 0 Å². The molecule has 0 saturated heterocycles. The first kappa shape index (κ1) is 26.1. The molecule has 186 valence electrons. The smallest absolute Gasteiger partial charge is 0.344 e. The van der Waals surface area contributed by atoms with Gasteiger partial charge in [-0.3, -0.25) is 9.97 Å². The van der Waals surface area contributed by atoms with Crippen molar-refractivity contribution in [3.8, 4) is 33.9 Å². The van der Waals surface area contributed by atoms with E-state index in [1.807, 2.05) is 103 Å². The zero-order chi connectivity index (χ0) is 25.6. The zero-order valence-electron chi connectivity index (χ0n) is 20.9. The number of rotatable bonds is 3. The maximum absolute atomic E-state index is 4.81. The first-order valence-corrected chi connectivity index (χ1v) is 12.4. The SMILES string of the molecule is [Ir+3].[c-]1ccccc1-c1ccc2ccc3ccc[c-]c3c2n1.[c-]1ccccc1-c1cccc(-c2ccccn2)n1. The second-order valence-corrected chi connectivity index (χ2v) is 8.64. The molecular formula is C35H22IrN3. The van der Waals surface area contributed by atoms with E-state index in [9.17, 15) is 0 Å². The van der Waals surface area contributed by atoms with Crippen molar-refractivity contribution in [1.29, 1.82) is 0 Å². The molecule has 3 heterocycles. The van der Waals surface area contributed by atoms with Gasteiger partial charge in [0.05, 0.1) is 11.4 Å². The van der Waals surface area contributed by atoms with Crippen molar-refractivity contribution in [3.63, 3.8) is 0 Å². The molecule has 7 rings (SSSR count). The van der Waals surface area contributed by atoms with Crippen LogP contribution in [0, 0.1) is 18.2 Å². The third-order valence-electron chi connectivity index (χ3n) is 6.14. The summed E-state index contributed by atoms with van der Waals surface area (Å²) < 4.78 is 0. The van der Waals surface area contributed by atoms with Gasteiger partial charge in [-0.2, -0.15) is 0 Å². The molecule has 4 aromatic carbocycles. The largest absolute Gasteiger partial charge is 3.00 e. The number of hydrogen-bond donors (Lipinski definition) is 0. The zero-order valence-corrected chi connectivity index (χ0v) is 23.3. The molecule has 0 radical (unpaired) electrons. The predicted octanol–water partition coefficient (Wildman–Crippen LogP) is 8.26. The van der Waals surface area contributed by atoms with E-state index >= 15 is 0 Å². The molecule has 0 spiro atoms. The fourth-order valence-corrected chi connectivity index (χ4v) is 4.28. The number of benzene rings is 4. The third kappa shape index (κ3) is 5.99. The number of nitrogens with zero attached hydrogens (tertiary/aromatic N) is 3. The van der Waals surface area contributed by atoms with Crippen LogP contribution in [0.3, 0.4) is 0 Å². The van der Waals surface area contributed by atoms with Gasteiger partial charge in [0, 0.05) is 6.20 Å². The van der Waals surface area contributed by atoms with Crippen LogP contribution in [0.5, 0.6) is 0 Å². The molecule has 39 heavy (non-hydrogen) atoms. The minimum atomic E-state index is 0. The van der Waals surface area contributed by atoms with Crippen LogP contribution >= 0.6 is 0 Å². The fourth-order valence-electron chi connectivity index (χ4n) is 4.28. The Morgan fingerprint density at radius 2 is 1.08 bits per heavy atom. The summed E-state index contributed by atoms with van der Waals surface area (Å²) in [6, 6.07) is 51.6. The van der Waals surface area contributed by atoms with Crippen molar-refractivity contribution in [1.82, 2.24) is 15.0 Å². The van der Waals surface area contributed by atoms with Crippen molar-refractivity contribution >= 4 is 21.7 Å². The molecule has 0 unspecified atom stereocenters.